The van der Waals surface area contributed by atoms with E-state index in [9.17, 15) is 9.59 Å². The van der Waals surface area contributed by atoms with Crippen molar-refractivity contribution in [1.29, 1.82) is 0 Å². The average Bonchev–Trinajstić information content (AvgIpc) is 2.45. The summed E-state index contributed by atoms with van der Waals surface area (Å²) in [5.41, 5.74) is 6.17. The van der Waals surface area contributed by atoms with Crippen molar-refractivity contribution in [3.8, 4) is 0 Å². The van der Waals surface area contributed by atoms with Crippen molar-refractivity contribution in [3.63, 3.8) is 0 Å². The van der Waals surface area contributed by atoms with Gasteiger partial charge in [0.25, 0.3) is 5.56 Å². The predicted octanol–water partition coefficient (Wildman–Crippen LogP) is 1.55. The summed E-state index contributed by atoms with van der Waals surface area (Å²) in [5.74, 6) is 0.383. The molecule has 1 aromatic heterocycles. The number of halogens is 1. The summed E-state index contributed by atoms with van der Waals surface area (Å²) in [6.45, 7) is 1.98. The van der Waals surface area contributed by atoms with Crippen LogP contribution in [0.1, 0.15) is 25.2 Å². The highest BCUT2D eigenvalue weighted by Crippen LogP contribution is 2.20. The molecule has 1 aromatic carbocycles. The lowest BCUT2D eigenvalue weighted by Crippen LogP contribution is -2.31. The fraction of sp³-hybridized carbons (Fsp3) is 0.400. The normalized spacial score (nSPS) is 12.4. The number of nitrogens with two attached hydrogens (primary N) is 1. The van der Waals surface area contributed by atoms with Crippen LogP contribution in [0.2, 0.25) is 5.02 Å². The molecule has 0 aliphatic rings. The number of nitrogens with zero attached hydrogens (tertiary/aromatic N) is 3. The first kappa shape index (κ1) is 16.5. The second kappa shape index (κ2) is 6.46. The Morgan fingerprint density at radius 1 is 1.45 bits per heavy atom. The number of fused-ring (bicyclic) bond motifs is 1. The second-order valence-corrected chi connectivity index (χ2v) is 5.79. The molecule has 1 atom stereocenters. The first-order chi connectivity index (χ1) is 10.3. The first-order valence-corrected chi connectivity index (χ1v) is 7.35. The Morgan fingerprint density at radius 2 is 2.14 bits per heavy atom. The van der Waals surface area contributed by atoms with Gasteiger partial charge in [-0.15, -0.1) is 0 Å². The van der Waals surface area contributed by atoms with E-state index in [1.54, 1.807) is 39.2 Å². The third kappa shape index (κ3) is 3.13. The molecule has 0 fully saturated rings. The van der Waals surface area contributed by atoms with Gasteiger partial charge >= 0.3 is 0 Å². The number of hydrogen-bond donors (Lipinski definition) is 1. The van der Waals surface area contributed by atoms with Crippen LogP contribution in [0.3, 0.4) is 0 Å². The smallest absolute Gasteiger partial charge is 0.262 e. The van der Waals surface area contributed by atoms with Crippen molar-refractivity contribution in [3.05, 3.63) is 39.4 Å². The maximum absolute atomic E-state index is 12.7. The van der Waals surface area contributed by atoms with Gasteiger partial charge in [-0.05, 0) is 19.1 Å². The molecule has 22 heavy (non-hydrogen) atoms. The van der Waals surface area contributed by atoms with Crippen LogP contribution in [0.4, 0.5) is 0 Å². The summed E-state index contributed by atoms with van der Waals surface area (Å²) in [4.78, 5) is 30.4. The summed E-state index contributed by atoms with van der Waals surface area (Å²) in [7, 11) is 3.35. The number of hydrogen-bond acceptors (Lipinski definition) is 4. The lowest BCUT2D eigenvalue weighted by Gasteiger charge is -2.17. The molecule has 6 nitrogen and oxygen atoms in total. The van der Waals surface area contributed by atoms with Crippen LogP contribution in [0.5, 0.6) is 0 Å². The molecule has 118 valence electrons. The fourth-order valence-electron chi connectivity index (χ4n) is 2.24. The quantitative estimate of drug-likeness (QED) is 0.926. The zero-order chi connectivity index (χ0) is 16.4. The molecule has 0 unspecified atom stereocenters. The Balaban J connectivity index is 2.57. The molecular weight excluding hydrogens is 304 g/mol. The summed E-state index contributed by atoms with van der Waals surface area (Å²) >= 11 is 6.12. The van der Waals surface area contributed by atoms with E-state index in [2.05, 4.69) is 4.98 Å². The number of benzene rings is 1. The van der Waals surface area contributed by atoms with Gasteiger partial charge in [0.1, 0.15) is 5.82 Å². The molecule has 2 rings (SSSR count). The van der Waals surface area contributed by atoms with Gasteiger partial charge in [-0.25, -0.2) is 4.98 Å². The van der Waals surface area contributed by atoms with Gasteiger partial charge in [0.05, 0.1) is 22.0 Å². The van der Waals surface area contributed by atoms with E-state index < -0.39 is 6.04 Å². The minimum atomic E-state index is -0.425. The lowest BCUT2D eigenvalue weighted by molar-refractivity contribution is -0.128. The molecule has 0 saturated carbocycles. The zero-order valence-corrected chi connectivity index (χ0v) is 13.6. The Kier molecular flexibility index (Phi) is 4.83. The van der Waals surface area contributed by atoms with Gasteiger partial charge in [-0.1, -0.05) is 17.7 Å². The van der Waals surface area contributed by atoms with Crippen LogP contribution in [0.25, 0.3) is 10.9 Å². The van der Waals surface area contributed by atoms with E-state index in [-0.39, 0.29) is 24.4 Å². The van der Waals surface area contributed by atoms with Crippen molar-refractivity contribution >= 4 is 28.4 Å². The van der Waals surface area contributed by atoms with Crippen molar-refractivity contribution in [2.24, 2.45) is 5.73 Å². The minimum absolute atomic E-state index is 0.0678. The average molecular weight is 323 g/mol. The van der Waals surface area contributed by atoms with E-state index in [0.29, 0.717) is 21.7 Å². The van der Waals surface area contributed by atoms with Crippen molar-refractivity contribution in [1.82, 2.24) is 14.5 Å². The van der Waals surface area contributed by atoms with Crippen molar-refractivity contribution in [2.45, 2.75) is 25.9 Å². The van der Waals surface area contributed by atoms with Gasteiger partial charge in [0, 0.05) is 27.1 Å². The van der Waals surface area contributed by atoms with Crippen LogP contribution < -0.4 is 11.3 Å². The van der Waals surface area contributed by atoms with Crippen LogP contribution in [0, 0.1) is 0 Å². The molecule has 1 amide bonds. The number of carbonyl (C=O) groups is 1. The minimum Gasteiger partial charge on any atom is -0.349 e. The van der Waals surface area contributed by atoms with Gasteiger partial charge < -0.3 is 10.6 Å². The lowest BCUT2D eigenvalue weighted by atomic mass is 10.2. The third-order valence-electron chi connectivity index (χ3n) is 3.42. The molecule has 0 saturated heterocycles. The van der Waals surface area contributed by atoms with Crippen molar-refractivity contribution in [2.75, 3.05) is 14.1 Å². The van der Waals surface area contributed by atoms with Gasteiger partial charge in [-0.2, -0.15) is 0 Å². The fourth-order valence-corrected chi connectivity index (χ4v) is 2.49. The number of aromatic nitrogens is 2. The summed E-state index contributed by atoms with van der Waals surface area (Å²) in [6.07, 6.45) is 0.199. The maximum Gasteiger partial charge on any atom is 0.262 e. The molecule has 1 heterocycles. The number of carbonyl (C=O) groups excluding carboxylic acids is 1. The molecule has 0 radical (unpaired) electrons. The Labute approximate surface area is 133 Å². The molecule has 2 aromatic rings. The molecule has 0 spiro atoms. The van der Waals surface area contributed by atoms with Crippen LogP contribution in [0.15, 0.2) is 23.0 Å². The summed E-state index contributed by atoms with van der Waals surface area (Å²) in [5, 5.41) is 0.699. The molecule has 0 bridgehead atoms. The molecule has 0 aliphatic heterocycles. The second-order valence-electron chi connectivity index (χ2n) is 5.39. The Hall–Kier alpha value is -1.92. The largest absolute Gasteiger partial charge is 0.349 e. The molecular formula is C15H19ClN4O2. The van der Waals surface area contributed by atoms with E-state index in [0.717, 1.165) is 0 Å². The van der Waals surface area contributed by atoms with Gasteiger partial charge in [0.2, 0.25) is 5.91 Å². The van der Waals surface area contributed by atoms with E-state index in [4.69, 9.17) is 17.3 Å². The van der Waals surface area contributed by atoms with E-state index >= 15 is 0 Å². The number of amides is 1. The van der Waals surface area contributed by atoms with Crippen LogP contribution in [-0.2, 0) is 11.3 Å². The standard InChI is InChI=1S/C15H19ClN4O2/c1-9(17)14-18-11-6-4-5-10(16)13(11)15(22)20(14)8-7-12(21)19(2)3/h4-6,9H,7-8,17H2,1-3H3/t9-/m0/s1. The molecule has 0 aliphatic carbocycles. The number of rotatable bonds is 4. The van der Waals surface area contributed by atoms with Crippen molar-refractivity contribution < 1.29 is 4.79 Å². The van der Waals surface area contributed by atoms with Crippen LogP contribution in [-0.4, -0.2) is 34.5 Å². The summed E-state index contributed by atoms with van der Waals surface area (Å²) in [6, 6.07) is 4.69. The highest BCUT2D eigenvalue weighted by atomic mass is 35.5. The van der Waals surface area contributed by atoms with Gasteiger partial charge in [-0.3, -0.25) is 14.2 Å². The first-order valence-electron chi connectivity index (χ1n) is 6.97. The van der Waals surface area contributed by atoms with Gasteiger partial charge in [0.15, 0.2) is 0 Å². The highest BCUT2D eigenvalue weighted by molar-refractivity contribution is 6.35. The van der Waals surface area contributed by atoms with E-state index in [1.807, 2.05) is 0 Å². The summed E-state index contributed by atoms with van der Waals surface area (Å²) < 4.78 is 1.44. The molecule has 2 N–H and O–H groups in total. The molecule has 7 heteroatoms. The highest BCUT2D eigenvalue weighted by Gasteiger charge is 2.17. The SMILES string of the molecule is C[C@H](N)c1nc2cccc(Cl)c2c(=O)n1CCC(=O)N(C)C. The topological polar surface area (TPSA) is 81.2 Å². The van der Waals surface area contributed by atoms with E-state index in [1.165, 1.54) is 9.47 Å². The Bertz CT molecular complexity index is 768. The maximum atomic E-state index is 12.7. The third-order valence-corrected chi connectivity index (χ3v) is 3.73. The van der Waals surface area contributed by atoms with Crippen LogP contribution >= 0.6 is 11.6 Å². The monoisotopic (exact) mass is 322 g/mol. The Morgan fingerprint density at radius 3 is 2.73 bits per heavy atom. The zero-order valence-electron chi connectivity index (χ0n) is 12.8. The predicted molar refractivity (Wildman–Crippen MR) is 86.9 cm³/mol.